The second-order valence-corrected chi connectivity index (χ2v) is 6.81. The molecule has 2 N–H and O–H groups in total. The van der Waals surface area contributed by atoms with Gasteiger partial charge in [-0.2, -0.15) is 0 Å². The molecule has 0 radical (unpaired) electrons. The molecule has 0 saturated carbocycles. The van der Waals surface area contributed by atoms with E-state index in [1.54, 1.807) is 31.3 Å². The first-order valence-electron chi connectivity index (χ1n) is 9.34. The molecule has 0 aliphatic rings. The molecule has 1 aromatic heterocycles. The van der Waals surface area contributed by atoms with E-state index >= 15 is 0 Å². The highest BCUT2D eigenvalue weighted by molar-refractivity contribution is 5.84. The van der Waals surface area contributed by atoms with Crippen LogP contribution in [0, 0.1) is 0 Å². The molecular weight excluding hydrogens is 388 g/mol. The topological polar surface area (TPSA) is 111 Å². The minimum atomic E-state index is -1.04. The van der Waals surface area contributed by atoms with Crippen LogP contribution in [-0.2, 0) is 29.7 Å². The van der Waals surface area contributed by atoms with E-state index in [2.05, 4.69) is 5.27 Å². The number of H-pyrrole nitrogens is 1. The van der Waals surface area contributed by atoms with Crippen molar-refractivity contribution in [3.63, 3.8) is 0 Å². The fourth-order valence-electron chi connectivity index (χ4n) is 3.05. The van der Waals surface area contributed by atoms with Crippen LogP contribution in [-0.4, -0.2) is 40.2 Å². The Bertz CT molecular complexity index is 1050. The van der Waals surface area contributed by atoms with Crippen molar-refractivity contribution < 1.29 is 23.9 Å². The van der Waals surface area contributed by atoms with Gasteiger partial charge in [-0.05, 0) is 23.0 Å². The number of carboxylic acids is 1. The third kappa shape index (κ3) is 5.34. The Morgan fingerprint density at radius 3 is 2.20 bits per heavy atom. The van der Waals surface area contributed by atoms with E-state index in [0.29, 0.717) is 5.69 Å². The summed E-state index contributed by atoms with van der Waals surface area (Å²) in [6, 6.07) is 18.2. The fourth-order valence-corrected chi connectivity index (χ4v) is 3.05. The van der Waals surface area contributed by atoms with E-state index in [4.69, 9.17) is 4.52 Å². The summed E-state index contributed by atoms with van der Waals surface area (Å²) in [5, 5.41) is 11.7. The molecule has 0 fully saturated rings. The minimum Gasteiger partial charge on any atom is -0.480 e. The lowest BCUT2D eigenvalue weighted by Crippen LogP contribution is -2.45. The van der Waals surface area contributed by atoms with Gasteiger partial charge in [0.2, 0.25) is 5.91 Å². The third-order valence-electron chi connectivity index (χ3n) is 4.60. The number of benzene rings is 2. The number of hydrogen-bond acceptors (Lipinski definition) is 5. The number of carbonyl (C=O) groups excluding carboxylic acids is 1. The molecule has 0 bridgehead atoms. The second-order valence-electron chi connectivity index (χ2n) is 6.81. The lowest BCUT2D eigenvalue weighted by Gasteiger charge is -2.27. The molecule has 0 spiro atoms. The molecule has 30 heavy (non-hydrogen) atoms. The number of para-hydroxylation sites is 1. The fraction of sp³-hybridized carbons (Fsp3) is 0.238. The molecule has 9 nitrogen and oxygen atoms in total. The summed E-state index contributed by atoms with van der Waals surface area (Å²) in [6.07, 6.45) is 0. The van der Waals surface area contributed by atoms with Crippen molar-refractivity contribution in [1.82, 2.24) is 10.2 Å². The summed E-state index contributed by atoms with van der Waals surface area (Å²) in [5.74, 6) is -1.36. The summed E-state index contributed by atoms with van der Waals surface area (Å²) in [6.45, 7) is -0.191. The zero-order valence-electron chi connectivity index (χ0n) is 16.5. The molecule has 0 atom stereocenters. The SMILES string of the molecule is C[n+]1[nH]oc(=O)c1CN(Cc1ccccc1)C(=O)CN(CC(=O)O)c1ccccc1. The van der Waals surface area contributed by atoms with Gasteiger partial charge in [0.05, 0.1) is 6.54 Å². The van der Waals surface area contributed by atoms with Crippen LogP contribution in [0.5, 0.6) is 0 Å². The van der Waals surface area contributed by atoms with Crippen LogP contribution < -0.4 is 15.2 Å². The highest BCUT2D eigenvalue weighted by Gasteiger charge is 2.26. The number of aliphatic carboxylic acids is 1. The number of hydrogen-bond donors (Lipinski definition) is 2. The van der Waals surface area contributed by atoms with E-state index in [-0.39, 0.29) is 37.8 Å². The maximum absolute atomic E-state index is 13.2. The Morgan fingerprint density at radius 1 is 1.00 bits per heavy atom. The highest BCUT2D eigenvalue weighted by Crippen LogP contribution is 2.15. The van der Waals surface area contributed by atoms with Crippen LogP contribution in [0.4, 0.5) is 5.69 Å². The van der Waals surface area contributed by atoms with E-state index in [1.165, 1.54) is 14.5 Å². The summed E-state index contributed by atoms with van der Waals surface area (Å²) < 4.78 is 6.20. The maximum Gasteiger partial charge on any atom is 0.431 e. The van der Waals surface area contributed by atoms with Crippen LogP contribution >= 0.6 is 0 Å². The van der Waals surface area contributed by atoms with Crippen molar-refractivity contribution in [2.24, 2.45) is 7.05 Å². The Balaban J connectivity index is 1.86. The molecule has 1 heterocycles. The van der Waals surface area contributed by atoms with Gasteiger partial charge in [0, 0.05) is 12.2 Å². The zero-order valence-corrected chi connectivity index (χ0v) is 16.5. The first kappa shape index (κ1) is 20.8. The minimum absolute atomic E-state index is 0.0196. The number of aromatic amines is 1. The summed E-state index contributed by atoms with van der Waals surface area (Å²) in [4.78, 5) is 39.5. The van der Waals surface area contributed by atoms with Gasteiger partial charge < -0.3 is 14.9 Å². The summed E-state index contributed by atoms with van der Waals surface area (Å²) in [7, 11) is 1.62. The van der Waals surface area contributed by atoms with E-state index in [9.17, 15) is 19.5 Å². The predicted molar refractivity (Wildman–Crippen MR) is 107 cm³/mol. The van der Waals surface area contributed by atoms with Gasteiger partial charge in [0.1, 0.15) is 13.1 Å². The van der Waals surface area contributed by atoms with Gasteiger partial charge in [0.15, 0.2) is 7.05 Å². The highest BCUT2D eigenvalue weighted by atomic mass is 16.5. The molecule has 0 unspecified atom stereocenters. The Hall–Kier alpha value is -3.88. The molecule has 2 aromatic carbocycles. The number of carboxylic acid groups (broad SMARTS) is 1. The smallest absolute Gasteiger partial charge is 0.431 e. The van der Waals surface area contributed by atoms with E-state index in [0.717, 1.165) is 5.56 Å². The first-order chi connectivity index (χ1) is 14.4. The van der Waals surface area contributed by atoms with E-state index < -0.39 is 11.6 Å². The van der Waals surface area contributed by atoms with Crippen LogP contribution in [0.2, 0.25) is 0 Å². The van der Waals surface area contributed by atoms with Gasteiger partial charge in [-0.25, -0.2) is 4.79 Å². The number of aromatic nitrogens is 2. The normalized spacial score (nSPS) is 10.6. The van der Waals surface area contributed by atoms with Crippen molar-refractivity contribution in [3.05, 3.63) is 82.3 Å². The Morgan fingerprint density at radius 2 is 1.63 bits per heavy atom. The van der Waals surface area contributed by atoms with Gasteiger partial charge in [-0.3, -0.25) is 14.1 Å². The Labute approximate surface area is 172 Å². The second kappa shape index (κ2) is 9.55. The maximum atomic E-state index is 13.2. The molecule has 0 aliphatic carbocycles. The van der Waals surface area contributed by atoms with Gasteiger partial charge in [-0.15, -0.1) is 0 Å². The molecule has 9 heteroatoms. The quantitative estimate of drug-likeness (QED) is 0.507. The molecule has 3 rings (SSSR count). The lowest BCUT2D eigenvalue weighted by atomic mass is 10.2. The number of anilines is 1. The van der Waals surface area contributed by atoms with Gasteiger partial charge in [-0.1, -0.05) is 53.2 Å². The number of nitrogens with one attached hydrogen (secondary N) is 1. The number of rotatable bonds is 9. The summed E-state index contributed by atoms with van der Waals surface area (Å²) >= 11 is 0. The van der Waals surface area contributed by atoms with Crippen molar-refractivity contribution in [2.45, 2.75) is 13.1 Å². The van der Waals surface area contributed by atoms with Gasteiger partial charge >= 0.3 is 17.3 Å². The van der Waals surface area contributed by atoms with Crippen molar-refractivity contribution in [1.29, 1.82) is 0 Å². The average molecular weight is 411 g/mol. The van der Waals surface area contributed by atoms with Crippen molar-refractivity contribution in [3.8, 4) is 0 Å². The monoisotopic (exact) mass is 411 g/mol. The molecule has 0 aliphatic heterocycles. The number of amides is 1. The molecule has 0 saturated heterocycles. The van der Waals surface area contributed by atoms with Crippen molar-refractivity contribution >= 4 is 17.6 Å². The Kier molecular flexibility index (Phi) is 6.63. The van der Waals surface area contributed by atoms with Crippen LogP contribution in [0.1, 0.15) is 11.3 Å². The van der Waals surface area contributed by atoms with Crippen LogP contribution in [0.3, 0.4) is 0 Å². The van der Waals surface area contributed by atoms with Crippen molar-refractivity contribution in [2.75, 3.05) is 18.0 Å². The zero-order chi connectivity index (χ0) is 21.5. The summed E-state index contributed by atoms with van der Waals surface area (Å²) in [5.41, 5.74) is 1.23. The molecular formula is C21H23N4O5+. The van der Waals surface area contributed by atoms with E-state index in [1.807, 2.05) is 36.4 Å². The molecule has 1 amide bonds. The first-order valence-corrected chi connectivity index (χ1v) is 9.34. The standard InChI is InChI=1S/C21H22N4O5/c1-23-18(21(29)30-22-23)13-25(12-16-8-4-2-5-9-16)19(26)14-24(15-20(27)28)17-10-6-3-7-11-17/h2-11H,12-15H2,1H3,(H-,22,27,28,29)/p+1. The third-order valence-corrected chi connectivity index (χ3v) is 4.60. The van der Waals surface area contributed by atoms with Crippen LogP contribution in [0.15, 0.2) is 70.0 Å². The average Bonchev–Trinajstić information content (AvgIpc) is 3.06. The number of carbonyl (C=O) groups is 2. The molecule has 3 aromatic rings. The number of nitrogens with zero attached hydrogens (tertiary/aromatic N) is 3. The van der Waals surface area contributed by atoms with Gasteiger partial charge in [0.25, 0.3) is 0 Å². The number of aryl methyl sites for hydroxylation is 1. The lowest BCUT2D eigenvalue weighted by molar-refractivity contribution is -0.746. The molecule has 156 valence electrons. The predicted octanol–water partition coefficient (Wildman–Crippen LogP) is 0.912. The van der Waals surface area contributed by atoms with Crippen LogP contribution in [0.25, 0.3) is 0 Å². The largest absolute Gasteiger partial charge is 0.480 e.